The van der Waals surface area contributed by atoms with Crippen LogP contribution in [0.5, 0.6) is 0 Å². The average molecular weight is 521 g/mol. The number of fused-ring (bicyclic) bond motifs is 1. The summed E-state index contributed by atoms with van der Waals surface area (Å²) < 4.78 is 33.6. The number of nitrogens with zero attached hydrogens (tertiary/aromatic N) is 6. The second-order valence-corrected chi connectivity index (χ2v) is 10.8. The van der Waals surface area contributed by atoms with Gasteiger partial charge >= 0.3 is 5.69 Å². The Balaban J connectivity index is 1.23. The lowest BCUT2D eigenvalue weighted by Crippen LogP contribution is -2.49. The third kappa shape index (κ3) is 5.86. The predicted octanol–water partition coefficient (Wildman–Crippen LogP) is -0.647. The fraction of sp³-hybridized carbons (Fsp3) is 0.522. The molecular weight excluding hydrogens is 488 g/mol. The van der Waals surface area contributed by atoms with Crippen molar-refractivity contribution in [1.82, 2.24) is 23.6 Å². The first-order valence-corrected chi connectivity index (χ1v) is 13.4. The number of aromatic nitrogens is 4. The van der Waals surface area contributed by atoms with Crippen LogP contribution in [0.4, 0.5) is 5.69 Å². The highest BCUT2D eigenvalue weighted by molar-refractivity contribution is 7.86. The minimum Gasteiger partial charge on any atom is -0.389 e. The van der Waals surface area contributed by atoms with Crippen molar-refractivity contribution in [2.24, 2.45) is 14.1 Å². The molecule has 1 aliphatic heterocycles. The van der Waals surface area contributed by atoms with E-state index in [4.69, 9.17) is 4.18 Å². The summed E-state index contributed by atoms with van der Waals surface area (Å²) in [5.74, 6) is -0.277. The van der Waals surface area contributed by atoms with Crippen molar-refractivity contribution in [3.05, 3.63) is 57.5 Å². The lowest BCUT2D eigenvalue weighted by molar-refractivity contribution is 0.0684. The Bertz CT molecular complexity index is 1410. The number of imidazole rings is 1. The quantitative estimate of drug-likeness (QED) is 0.347. The van der Waals surface area contributed by atoms with Crippen molar-refractivity contribution in [1.29, 1.82) is 0 Å². The van der Waals surface area contributed by atoms with E-state index in [0.29, 0.717) is 6.54 Å². The molecule has 0 amide bonds. The molecule has 0 spiro atoms. The summed E-state index contributed by atoms with van der Waals surface area (Å²) in [6.45, 7) is 3.43. The molecule has 1 N–H and O–H groups in total. The average Bonchev–Trinajstić information content (AvgIpc) is 3.30. The number of aliphatic hydroxyl groups excluding tert-OH is 1. The van der Waals surface area contributed by atoms with Crippen LogP contribution < -0.4 is 16.1 Å². The molecule has 1 saturated heterocycles. The van der Waals surface area contributed by atoms with Crippen LogP contribution in [0.1, 0.15) is 6.42 Å². The first-order valence-electron chi connectivity index (χ1n) is 11.8. The Morgan fingerprint density at radius 2 is 1.75 bits per heavy atom. The van der Waals surface area contributed by atoms with E-state index in [1.807, 2.05) is 18.2 Å². The third-order valence-corrected chi connectivity index (χ3v) is 7.70. The predicted molar refractivity (Wildman–Crippen MR) is 136 cm³/mol. The van der Waals surface area contributed by atoms with Crippen LogP contribution in [0.3, 0.4) is 0 Å². The Kier molecular flexibility index (Phi) is 7.93. The van der Waals surface area contributed by atoms with Gasteiger partial charge in [0.05, 0.1) is 24.8 Å². The van der Waals surface area contributed by atoms with Crippen LogP contribution in [0.15, 0.2) is 46.2 Å². The maximum Gasteiger partial charge on any atom is 0.332 e. The van der Waals surface area contributed by atoms with E-state index in [-0.39, 0.29) is 36.5 Å². The Hall–Kier alpha value is -3.00. The summed E-state index contributed by atoms with van der Waals surface area (Å²) >= 11 is 0. The molecule has 1 fully saturated rings. The molecule has 12 nitrogen and oxygen atoms in total. The highest BCUT2D eigenvalue weighted by Crippen LogP contribution is 2.15. The molecule has 3 aromatic rings. The van der Waals surface area contributed by atoms with E-state index in [0.717, 1.165) is 30.7 Å². The Morgan fingerprint density at radius 3 is 2.44 bits per heavy atom. The van der Waals surface area contributed by atoms with Gasteiger partial charge in [0, 0.05) is 59.1 Å². The molecule has 0 aliphatic carbocycles. The van der Waals surface area contributed by atoms with Crippen LogP contribution in [-0.2, 0) is 34.9 Å². The van der Waals surface area contributed by atoms with Crippen LogP contribution in [0, 0.1) is 0 Å². The molecular formula is C23H32N6O6S. The SMILES string of the molecule is Cn1c(=O)c2c(ncn2CCCS(=O)(=O)OCC(O)CN2CCN(c3ccccc3)CC2)n(C)c1=O. The van der Waals surface area contributed by atoms with Gasteiger partial charge in [-0.15, -0.1) is 0 Å². The van der Waals surface area contributed by atoms with Crippen molar-refractivity contribution in [3.63, 3.8) is 0 Å². The number of para-hydroxylation sites is 1. The number of anilines is 1. The van der Waals surface area contributed by atoms with Crippen molar-refractivity contribution < 1.29 is 17.7 Å². The molecule has 0 saturated carbocycles. The zero-order chi connectivity index (χ0) is 25.9. The smallest absolute Gasteiger partial charge is 0.332 e. The van der Waals surface area contributed by atoms with E-state index in [2.05, 4.69) is 26.9 Å². The molecule has 3 heterocycles. The molecule has 196 valence electrons. The second kappa shape index (κ2) is 10.9. The van der Waals surface area contributed by atoms with Crippen LogP contribution >= 0.6 is 0 Å². The Morgan fingerprint density at radius 1 is 1.06 bits per heavy atom. The number of rotatable bonds is 10. The summed E-state index contributed by atoms with van der Waals surface area (Å²) in [6, 6.07) is 10.1. The fourth-order valence-electron chi connectivity index (χ4n) is 4.40. The largest absolute Gasteiger partial charge is 0.389 e. The zero-order valence-corrected chi connectivity index (χ0v) is 21.3. The molecule has 1 unspecified atom stereocenters. The van der Waals surface area contributed by atoms with Crippen molar-refractivity contribution in [2.75, 3.05) is 50.0 Å². The lowest BCUT2D eigenvalue weighted by Gasteiger charge is -2.36. The Labute approximate surface area is 209 Å². The zero-order valence-electron chi connectivity index (χ0n) is 20.5. The third-order valence-electron chi connectivity index (χ3n) is 6.41. The summed E-state index contributed by atoms with van der Waals surface area (Å²) in [7, 11) is -0.956. The first-order chi connectivity index (χ1) is 17.2. The molecule has 0 bridgehead atoms. The maximum absolute atomic E-state index is 12.5. The molecule has 1 aromatic carbocycles. The van der Waals surface area contributed by atoms with Crippen molar-refractivity contribution >= 4 is 27.0 Å². The van der Waals surface area contributed by atoms with Gasteiger partial charge in [0.1, 0.15) is 0 Å². The summed E-state index contributed by atoms with van der Waals surface area (Å²) in [4.78, 5) is 33.0. The molecule has 2 aromatic heterocycles. The van der Waals surface area contributed by atoms with E-state index < -0.39 is 27.5 Å². The van der Waals surface area contributed by atoms with Gasteiger partial charge in [-0.05, 0) is 18.6 Å². The highest BCUT2D eigenvalue weighted by atomic mass is 32.2. The van der Waals surface area contributed by atoms with Crippen LogP contribution in [0.25, 0.3) is 11.2 Å². The number of β-amino-alcohol motifs (C(OH)–C–C–N with tert-alkyl or cyclic N) is 1. The van der Waals surface area contributed by atoms with E-state index in [9.17, 15) is 23.1 Å². The second-order valence-electron chi connectivity index (χ2n) is 8.99. The number of hydrogen-bond donors (Lipinski definition) is 1. The maximum atomic E-state index is 12.5. The van der Waals surface area contributed by atoms with Crippen molar-refractivity contribution in [3.8, 4) is 0 Å². The van der Waals surface area contributed by atoms with Crippen LogP contribution in [-0.4, -0.2) is 88.3 Å². The van der Waals surface area contributed by atoms with Crippen molar-refractivity contribution in [2.45, 2.75) is 19.1 Å². The van der Waals surface area contributed by atoms with E-state index >= 15 is 0 Å². The fourth-order valence-corrected chi connectivity index (χ4v) is 5.36. The van der Waals surface area contributed by atoms with E-state index in [1.165, 1.54) is 35.2 Å². The van der Waals surface area contributed by atoms with Gasteiger partial charge < -0.3 is 14.6 Å². The normalized spacial score (nSPS) is 16.0. The number of aliphatic hydroxyl groups is 1. The number of benzene rings is 1. The summed E-state index contributed by atoms with van der Waals surface area (Å²) in [6.07, 6.45) is 0.669. The summed E-state index contributed by atoms with van der Waals surface area (Å²) in [5.41, 5.74) is 0.679. The molecule has 36 heavy (non-hydrogen) atoms. The standard InChI is InChI=1S/C23H32N6O6S/c1-25-21-20(22(31)26(2)23(25)32)29(17-24-21)9-6-14-36(33,34)35-16-19(30)15-27-10-12-28(13-11-27)18-7-4-3-5-8-18/h3-5,7-8,17,19,30H,6,9-16H2,1-2H3. The minimum atomic E-state index is -3.86. The first kappa shape index (κ1) is 26.1. The van der Waals surface area contributed by atoms with Gasteiger partial charge in [-0.2, -0.15) is 8.42 Å². The van der Waals surface area contributed by atoms with Gasteiger partial charge in [0.2, 0.25) is 0 Å². The van der Waals surface area contributed by atoms with Gasteiger partial charge in [-0.3, -0.25) is 23.0 Å². The summed E-state index contributed by atoms with van der Waals surface area (Å²) in [5, 5.41) is 10.3. The monoisotopic (exact) mass is 520 g/mol. The number of piperazine rings is 1. The molecule has 1 atom stereocenters. The number of hydrogen-bond acceptors (Lipinski definition) is 9. The minimum absolute atomic E-state index is 0.178. The van der Waals surface area contributed by atoms with Gasteiger partial charge in [-0.25, -0.2) is 9.78 Å². The highest BCUT2D eigenvalue weighted by Gasteiger charge is 2.21. The van der Waals surface area contributed by atoms with Gasteiger partial charge in [-0.1, -0.05) is 18.2 Å². The lowest BCUT2D eigenvalue weighted by atomic mass is 10.2. The number of aryl methyl sites for hydroxylation is 2. The van der Waals surface area contributed by atoms with Gasteiger partial charge in [0.25, 0.3) is 15.7 Å². The van der Waals surface area contributed by atoms with E-state index in [1.54, 1.807) is 0 Å². The molecule has 13 heteroatoms. The van der Waals surface area contributed by atoms with Gasteiger partial charge in [0.15, 0.2) is 11.2 Å². The molecule has 4 rings (SSSR count). The van der Waals surface area contributed by atoms with Crippen LogP contribution in [0.2, 0.25) is 0 Å². The molecule has 0 radical (unpaired) electrons. The topological polar surface area (TPSA) is 132 Å². The molecule has 1 aliphatic rings.